The molecule has 0 fully saturated rings. The van der Waals surface area contributed by atoms with Gasteiger partial charge in [0.2, 0.25) is 0 Å². The number of hydrogen-bond donors (Lipinski definition) is 2. The monoisotopic (exact) mass is 274 g/mol. The van der Waals surface area contributed by atoms with E-state index < -0.39 is 0 Å². The van der Waals surface area contributed by atoms with Crippen LogP contribution in [0.4, 0.5) is 5.69 Å². The molecule has 0 atom stereocenters. The van der Waals surface area contributed by atoms with E-state index in [1.54, 1.807) is 13.8 Å². The minimum Gasteiger partial charge on any atom is -0.466 e. The van der Waals surface area contributed by atoms with E-state index in [0.29, 0.717) is 17.1 Å². The number of rotatable bonds is 5. The van der Waals surface area contributed by atoms with Gasteiger partial charge in [-0.1, -0.05) is 24.3 Å². The number of allylic oxidation sites excluding steroid dienone is 1. The summed E-state index contributed by atoms with van der Waals surface area (Å²) in [5.41, 5.74) is 4.57. The molecule has 0 spiro atoms. The second kappa shape index (κ2) is 6.80. The normalized spacial score (nSPS) is 11.4. The van der Waals surface area contributed by atoms with Gasteiger partial charge < -0.3 is 15.4 Å². The zero-order chi connectivity index (χ0) is 15.3. The van der Waals surface area contributed by atoms with Gasteiger partial charge in [-0.05, 0) is 39.3 Å². The van der Waals surface area contributed by atoms with E-state index in [1.807, 2.05) is 19.1 Å². The average molecular weight is 274 g/mol. The number of methoxy groups -OCH3 is 1. The number of benzene rings is 1. The van der Waals surface area contributed by atoms with Crippen molar-refractivity contribution in [1.82, 2.24) is 5.32 Å². The maximum absolute atomic E-state index is 11.4. The third-order valence-corrected chi connectivity index (χ3v) is 3.06. The van der Waals surface area contributed by atoms with Gasteiger partial charge >= 0.3 is 5.97 Å². The molecule has 0 amide bonds. The lowest BCUT2D eigenvalue weighted by atomic mass is 10.1. The first kappa shape index (κ1) is 15.8. The fourth-order valence-corrected chi connectivity index (χ4v) is 1.77. The number of aryl methyl sites for hydroxylation is 2. The van der Waals surface area contributed by atoms with Gasteiger partial charge in [0.1, 0.15) is 0 Å². The Kier molecular flexibility index (Phi) is 5.38. The topological polar surface area (TPSA) is 50.4 Å². The minimum atomic E-state index is -0.352. The van der Waals surface area contributed by atoms with E-state index in [-0.39, 0.29) is 5.97 Å². The van der Waals surface area contributed by atoms with Crippen LogP contribution in [0.1, 0.15) is 25.0 Å². The van der Waals surface area contributed by atoms with E-state index in [2.05, 4.69) is 34.9 Å². The Morgan fingerprint density at radius 2 is 1.90 bits per heavy atom. The molecular weight excluding hydrogens is 252 g/mol. The largest absolute Gasteiger partial charge is 0.466 e. The molecule has 20 heavy (non-hydrogen) atoms. The summed E-state index contributed by atoms with van der Waals surface area (Å²) in [4.78, 5) is 11.4. The van der Waals surface area contributed by atoms with Gasteiger partial charge in [0.25, 0.3) is 0 Å². The van der Waals surface area contributed by atoms with E-state index >= 15 is 0 Å². The second-order valence-electron chi connectivity index (χ2n) is 4.79. The summed E-state index contributed by atoms with van der Waals surface area (Å²) in [6, 6.07) is 6.13. The fraction of sp³-hybridized carbons (Fsp3) is 0.312. The first-order chi connectivity index (χ1) is 9.35. The Labute approximate surface area is 120 Å². The Morgan fingerprint density at radius 3 is 2.45 bits per heavy atom. The van der Waals surface area contributed by atoms with Crippen molar-refractivity contribution in [1.29, 1.82) is 0 Å². The highest BCUT2D eigenvalue weighted by Gasteiger charge is 2.08. The van der Waals surface area contributed by atoms with Crippen LogP contribution in [-0.2, 0) is 9.53 Å². The van der Waals surface area contributed by atoms with Crippen LogP contribution in [0.15, 0.2) is 41.9 Å². The Bertz CT molecular complexity index is 560. The zero-order valence-corrected chi connectivity index (χ0v) is 12.8. The molecule has 0 heterocycles. The number of nitrogens with one attached hydrogen (secondary N) is 2. The van der Waals surface area contributed by atoms with Gasteiger partial charge in [0.05, 0.1) is 18.5 Å². The molecule has 0 aliphatic carbocycles. The van der Waals surface area contributed by atoms with Gasteiger partial charge in [-0.3, -0.25) is 0 Å². The predicted molar refractivity (Wildman–Crippen MR) is 82.2 cm³/mol. The summed E-state index contributed by atoms with van der Waals surface area (Å²) in [6.07, 6.45) is 0. The third-order valence-electron chi connectivity index (χ3n) is 3.06. The van der Waals surface area contributed by atoms with Crippen LogP contribution in [0.25, 0.3) is 0 Å². The molecule has 0 unspecified atom stereocenters. The SMILES string of the molecule is C=C(N/C(C)=C(/C)C(=O)OC)Nc1ccc(C)cc1C. The molecule has 2 N–H and O–H groups in total. The second-order valence-corrected chi connectivity index (χ2v) is 4.79. The molecule has 0 aliphatic rings. The molecule has 0 aliphatic heterocycles. The van der Waals surface area contributed by atoms with Crippen molar-refractivity contribution in [3.63, 3.8) is 0 Å². The summed E-state index contributed by atoms with van der Waals surface area (Å²) >= 11 is 0. The highest BCUT2D eigenvalue weighted by Crippen LogP contribution is 2.17. The summed E-state index contributed by atoms with van der Waals surface area (Å²) in [6.45, 7) is 11.5. The van der Waals surface area contributed by atoms with Crippen LogP contribution in [0, 0.1) is 13.8 Å². The predicted octanol–water partition coefficient (Wildman–Crippen LogP) is 3.24. The minimum absolute atomic E-state index is 0.352. The van der Waals surface area contributed by atoms with Crippen LogP contribution in [0.2, 0.25) is 0 Å². The molecule has 4 heteroatoms. The molecule has 0 saturated carbocycles. The highest BCUT2D eigenvalue weighted by atomic mass is 16.5. The van der Waals surface area contributed by atoms with Gasteiger partial charge in [-0.2, -0.15) is 0 Å². The molecule has 4 nitrogen and oxygen atoms in total. The number of hydrogen-bond acceptors (Lipinski definition) is 4. The Hall–Kier alpha value is -2.23. The highest BCUT2D eigenvalue weighted by molar-refractivity contribution is 5.88. The molecule has 1 rings (SSSR count). The van der Waals surface area contributed by atoms with Crippen LogP contribution in [0.5, 0.6) is 0 Å². The number of ether oxygens (including phenoxy) is 1. The third kappa shape index (κ3) is 4.16. The smallest absolute Gasteiger partial charge is 0.335 e. The van der Waals surface area contributed by atoms with Crippen LogP contribution in [0.3, 0.4) is 0 Å². The molecule has 0 radical (unpaired) electrons. The van der Waals surface area contributed by atoms with E-state index in [9.17, 15) is 4.79 Å². The van der Waals surface area contributed by atoms with E-state index in [4.69, 9.17) is 0 Å². The van der Waals surface area contributed by atoms with Crippen molar-refractivity contribution in [3.05, 3.63) is 53.0 Å². The molecule has 108 valence electrons. The van der Waals surface area contributed by atoms with Crippen molar-refractivity contribution in [2.45, 2.75) is 27.7 Å². The van der Waals surface area contributed by atoms with Crippen LogP contribution >= 0.6 is 0 Å². The van der Waals surface area contributed by atoms with Crippen molar-refractivity contribution < 1.29 is 9.53 Å². The summed E-state index contributed by atoms with van der Waals surface area (Å²) in [5, 5.41) is 6.25. The van der Waals surface area contributed by atoms with Gasteiger partial charge in [-0.15, -0.1) is 0 Å². The zero-order valence-electron chi connectivity index (χ0n) is 12.8. The first-order valence-electron chi connectivity index (χ1n) is 6.41. The quantitative estimate of drug-likeness (QED) is 0.639. The van der Waals surface area contributed by atoms with Crippen molar-refractivity contribution in [2.24, 2.45) is 0 Å². The molecule has 0 bridgehead atoms. The first-order valence-corrected chi connectivity index (χ1v) is 6.41. The van der Waals surface area contributed by atoms with Crippen LogP contribution in [-0.4, -0.2) is 13.1 Å². The summed E-state index contributed by atoms with van der Waals surface area (Å²) in [7, 11) is 1.36. The molecule has 0 saturated heterocycles. The van der Waals surface area contributed by atoms with Gasteiger partial charge in [0.15, 0.2) is 0 Å². The number of anilines is 1. The lowest BCUT2D eigenvalue weighted by Crippen LogP contribution is -2.20. The van der Waals surface area contributed by atoms with E-state index in [0.717, 1.165) is 11.3 Å². The lowest BCUT2D eigenvalue weighted by Gasteiger charge is -2.16. The Morgan fingerprint density at radius 1 is 1.25 bits per heavy atom. The average Bonchev–Trinajstić information content (AvgIpc) is 2.40. The maximum atomic E-state index is 11.4. The lowest BCUT2D eigenvalue weighted by molar-refractivity contribution is -0.136. The van der Waals surface area contributed by atoms with Gasteiger partial charge in [-0.25, -0.2) is 4.79 Å². The standard InChI is InChI=1S/C16H22N2O2/c1-10-7-8-15(11(2)9-10)18-14(5)17-13(4)12(3)16(19)20-6/h7-9,17-18H,5H2,1-4,6H3/b13-12-. The van der Waals surface area contributed by atoms with Crippen molar-refractivity contribution in [3.8, 4) is 0 Å². The summed E-state index contributed by atoms with van der Waals surface area (Å²) < 4.78 is 4.68. The van der Waals surface area contributed by atoms with Crippen molar-refractivity contribution >= 4 is 11.7 Å². The Balaban J connectivity index is 2.75. The number of esters is 1. The molecule has 1 aromatic carbocycles. The van der Waals surface area contributed by atoms with E-state index in [1.165, 1.54) is 12.7 Å². The number of carbonyl (C=O) groups is 1. The summed E-state index contributed by atoms with van der Waals surface area (Å²) in [5.74, 6) is 0.257. The molecular formula is C16H22N2O2. The molecule has 1 aromatic rings. The fourth-order valence-electron chi connectivity index (χ4n) is 1.77. The van der Waals surface area contributed by atoms with Gasteiger partial charge in [0, 0.05) is 11.4 Å². The maximum Gasteiger partial charge on any atom is 0.335 e. The van der Waals surface area contributed by atoms with Crippen molar-refractivity contribution in [2.75, 3.05) is 12.4 Å². The van der Waals surface area contributed by atoms with Crippen LogP contribution < -0.4 is 10.6 Å². The number of carbonyl (C=O) groups excluding carboxylic acids is 1. The molecule has 0 aromatic heterocycles.